The molecule has 0 bridgehead atoms. The van der Waals surface area contributed by atoms with Gasteiger partial charge in [-0.25, -0.2) is 8.42 Å². The SMILES string of the molecule is Cc1ccc(S(=O)(=O)[O-])cc1.Cc1ccc([I+]c2cccc([N+](=O)[O-])c2)s1. The summed E-state index contributed by atoms with van der Waals surface area (Å²) in [6.07, 6.45) is 0. The summed E-state index contributed by atoms with van der Waals surface area (Å²) in [7, 11) is -4.27. The lowest BCUT2D eigenvalue weighted by atomic mass is 10.2. The Hall–Kier alpha value is -1.82. The van der Waals surface area contributed by atoms with Crippen molar-refractivity contribution in [1.82, 2.24) is 0 Å². The normalized spacial score (nSPS) is 10.8. The summed E-state index contributed by atoms with van der Waals surface area (Å²) in [5, 5.41) is 10.6. The molecule has 3 rings (SSSR count). The van der Waals surface area contributed by atoms with E-state index in [0.717, 1.165) is 9.13 Å². The predicted molar refractivity (Wildman–Crippen MR) is 98.7 cm³/mol. The highest BCUT2D eigenvalue weighted by Gasteiger charge is 2.20. The zero-order chi connectivity index (χ0) is 20.0. The van der Waals surface area contributed by atoms with Gasteiger partial charge in [0.1, 0.15) is 10.1 Å². The second kappa shape index (κ2) is 9.40. The zero-order valence-electron chi connectivity index (χ0n) is 14.5. The maximum Gasteiger partial charge on any atom is 0.370 e. The highest BCUT2D eigenvalue weighted by molar-refractivity contribution is 7.85. The van der Waals surface area contributed by atoms with Crippen molar-refractivity contribution < 1.29 is 39.1 Å². The number of aryl methyl sites for hydroxylation is 2. The molecule has 0 fully saturated rings. The molecule has 0 aliphatic carbocycles. The molecule has 0 spiro atoms. The van der Waals surface area contributed by atoms with E-state index in [1.807, 2.05) is 13.0 Å². The average molecular weight is 517 g/mol. The third-order valence-corrected chi connectivity index (χ3v) is 8.24. The summed E-state index contributed by atoms with van der Waals surface area (Å²) >= 11 is 1.50. The highest BCUT2D eigenvalue weighted by Crippen LogP contribution is 2.09. The largest absolute Gasteiger partial charge is 0.744 e. The molecule has 0 unspecified atom stereocenters. The number of nitro groups is 1. The van der Waals surface area contributed by atoms with Gasteiger partial charge in [0.2, 0.25) is 6.45 Å². The monoisotopic (exact) mass is 517 g/mol. The molecule has 0 aliphatic rings. The van der Waals surface area contributed by atoms with Crippen molar-refractivity contribution in [2.24, 2.45) is 0 Å². The summed E-state index contributed by atoms with van der Waals surface area (Å²) < 4.78 is 33.6. The van der Waals surface area contributed by atoms with Gasteiger partial charge in [0.25, 0.3) is 5.69 Å². The number of non-ortho nitro benzene ring substituents is 1. The molecule has 142 valence electrons. The molecule has 0 saturated carbocycles. The van der Waals surface area contributed by atoms with Crippen LogP contribution in [-0.2, 0) is 10.1 Å². The Morgan fingerprint density at radius 3 is 2.19 bits per heavy atom. The maximum atomic E-state index is 10.6. The number of hydrogen-bond donors (Lipinski definition) is 0. The van der Waals surface area contributed by atoms with Gasteiger partial charge in [0, 0.05) is 17.0 Å². The van der Waals surface area contributed by atoms with Gasteiger partial charge in [-0.05, 0) is 38.1 Å². The van der Waals surface area contributed by atoms with Crippen LogP contribution in [0.15, 0.2) is 65.6 Å². The van der Waals surface area contributed by atoms with Crippen LogP contribution in [0, 0.1) is 30.4 Å². The summed E-state index contributed by atoms with van der Waals surface area (Å²) in [5.41, 5.74) is 1.11. The molecule has 0 N–H and O–H groups in total. The van der Waals surface area contributed by atoms with E-state index in [0.29, 0.717) is 0 Å². The minimum atomic E-state index is -4.27. The molecule has 2 aromatic carbocycles. The third-order valence-electron chi connectivity index (χ3n) is 3.24. The number of rotatable bonds is 4. The number of nitro benzene ring substituents is 1. The Kier molecular flexibility index (Phi) is 7.48. The first-order valence-electron chi connectivity index (χ1n) is 7.63. The molecule has 0 radical (unpaired) electrons. The predicted octanol–water partition coefficient (Wildman–Crippen LogP) is 0.992. The second-order valence-electron chi connectivity index (χ2n) is 5.45. The van der Waals surface area contributed by atoms with Crippen LogP contribution < -0.4 is 21.2 Å². The lowest BCUT2D eigenvalue weighted by molar-refractivity contribution is -0.591. The van der Waals surface area contributed by atoms with Gasteiger partial charge in [-0.15, -0.1) is 0 Å². The van der Waals surface area contributed by atoms with Gasteiger partial charge < -0.3 is 4.55 Å². The second-order valence-corrected chi connectivity index (χ2v) is 11.8. The molecule has 1 aromatic heterocycles. The van der Waals surface area contributed by atoms with Gasteiger partial charge in [-0.2, -0.15) is 0 Å². The Bertz CT molecular complexity index is 1030. The first-order chi connectivity index (χ1) is 12.6. The first-order valence-corrected chi connectivity index (χ1v) is 12.0. The van der Waals surface area contributed by atoms with Crippen LogP contribution in [0.3, 0.4) is 0 Å². The van der Waals surface area contributed by atoms with E-state index in [1.165, 1.54) is 26.0 Å². The Morgan fingerprint density at radius 2 is 1.67 bits per heavy atom. The van der Waals surface area contributed by atoms with E-state index in [9.17, 15) is 23.1 Å². The van der Waals surface area contributed by atoms with Crippen LogP contribution in [-0.4, -0.2) is 17.9 Å². The van der Waals surface area contributed by atoms with Crippen LogP contribution in [0.25, 0.3) is 0 Å². The Labute approximate surface area is 172 Å². The van der Waals surface area contributed by atoms with Crippen LogP contribution in [0.5, 0.6) is 0 Å². The van der Waals surface area contributed by atoms with E-state index >= 15 is 0 Å². The molecule has 1 heterocycles. The summed E-state index contributed by atoms with van der Waals surface area (Å²) in [4.78, 5) is 11.4. The minimum absolute atomic E-state index is 0.178. The lowest BCUT2D eigenvalue weighted by Gasteiger charge is -2.05. The highest BCUT2D eigenvalue weighted by atomic mass is 127. The van der Waals surface area contributed by atoms with E-state index < -0.39 is 10.1 Å². The van der Waals surface area contributed by atoms with Crippen LogP contribution in [0.2, 0.25) is 0 Å². The smallest absolute Gasteiger partial charge is 0.370 e. The number of halogens is 1. The van der Waals surface area contributed by atoms with Crippen LogP contribution in [0.4, 0.5) is 5.69 Å². The standard InChI is InChI=1S/C11H9INO2S.C7H8O3S/c1-8-5-6-11(16-8)12-9-3-2-4-10(7-9)13(14)15;1-6-2-4-7(5-3-6)11(8,9)10/h2-7H,1H3;2-5H,1H3,(H,8,9,10)/q+1;/p-1. The summed E-state index contributed by atoms with van der Waals surface area (Å²) in [6.45, 7) is 3.90. The van der Waals surface area contributed by atoms with Gasteiger partial charge in [0.15, 0.2) is 0 Å². The van der Waals surface area contributed by atoms with E-state index in [1.54, 1.807) is 35.6 Å². The van der Waals surface area contributed by atoms with Crippen LogP contribution >= 0.6 is 11.3 Å². The summed E-state index contributed by atoms with van der Waals surface area (Å²) in [6, 6.07) is 16.9. The van der Waals surface area contributed by atoms with Gasteiger partial charge in [-0.1, -0.05) is 35.1 Å². The molecule has 0 atom stereocenters. The molecular formula is C18H16INO5S2. The first kappa shape index (κ1) is 21.5. The fourth-order valence-electron chi connectivity index (χ4n) is 1.92. The van der Waals surface area contributed by atoms with Gasteiger partial charge in [-0.3, -0.25) is 10.1 Å². The Balaban J connectivity index is 0.000000208. The van der Waals surface area contributed by atoms with Crippen LogP contribution in [0.1, 0.15) is 10.4 Å². The topological polar surface area (TPSA) is 100 Å². The molecule has 0 saturated heterocycles. The van der Waals surface area contributed by atoms with Crippen molar-refractivity contribution >= 4 is 27.1 Å². The van der Waals surface area contributed by atoms with Gasteiger partial charge in [0.05, 0.1) is 15.9 Å². The molecule has 6 nitrogen and oxygen atoms in total. The Morgan fingerprint density at radius 1 is 1.00 bits per heavy atom. The lowest BCUT2D eigenvalue weighted by Crippen LogP contribution is -3.61. The number of thiophene rings is 1. The molecular weight excluding hydrogens is 501 g/mol. The number of benzene rings is 2. The quantitative estimate of drug-likeness (QED) is 0.223. The third kappa shape index (κ3) is 7.01. The maximum absolute atomic E-state index is 10.6. The van der Waals surface area contributed by atoms with Crippen molar-refractivity contribution in [2.45, 2.75) is 18.7 Å². The minimum Gasteiger partial charge on any atom is -0.744 e. The molecule has 0 aliphatic heterocycles. The fourth-order valence-corrected chi connectivity index (χ4v) is 6.81. The zero-order valence-corrected chi connectivity index (χ0v) is 18.2. The van der Waals surface area contributed by atoms with E-state index in [-0.39, 0.29) is 36.7 Å². The molecule has 27 heavy (non-hydrogen) atoms. The molecule has 9 heteroatoms. The van der Waals surface area contributed by atoms with Crippen molar-refractivity contribution in [1.29, 1.82) is 0 Å². The van der Waals surface area contributed by atoms with Crippen molar-refractivity contribution in [2.75, 3.05) is 0 Å². The van der Waals surface area contributed by atoms with E-state index in [4.69, 9.17) is 0 Å². The van der Waals surface area contributed by atoms with Crippen molar-refractivity contribution in [3.05, 3.63) is 87.7 Å². The van der Waals surface area contributed by atoms with Crippen molar-refractivity contribution in [3.63, 3.8) is 0 Å². The fraction of sp³-hybridized carbons (Fsp3) is 0.111. The average Bonchev–Trinajstić information content (AvgIpc) is 3.00. The number of nitrogens with zero attached hydrogens (tertiary/aromatic N) is 1. The molecule has 3 aromatic rings. The summed E-state index contributed by atoms with van der Waals surface area (Å²) in [5.74, 6) is 0. The molecule has 0 amide bonds. The van der Waals surface area contributed by atoms with Crippen molar-refractivity contribution in [3.8, 4) is 0 Å². The number of hydrogen-bond acceptors (Lipinski definition) is 6. The van der Waals surface area contributed by atoms with E-state index in [2.05, 4.69) is 19.1 Å². The van der Waals surface area contributed by atoms with Gasteiger partial charge >= 0.3 is 21.2 Å².